The lowest BCUT2D eigenvalue weighted by Gasteiger charge is -2.04. The summed E-state index contributed by atoms with van der Waals surface area (Å²) in [6, 6.07) is 4.11. The molecule has 0 fully saturated rings. The number of thiophene rings is 1. The average Bonchev–Trinajstić information content (AvgIpc) is 2.75. The highest BCUT2D eigenvalue weighted by molar-refractivity contribution is 7.94. The van der Waals surface area contributed by atoms with Gasteiger partial charge in [-0.1, -0.05) is 17.7 Å². The van der Waals surface area contributed by atoms with Gasteiger partial charge in [-0.05, 0) is 18.6 Å². The number of pyridine rings is 1. The van der Waals surface area contributed by atoms with Crippen LogP contribution in [0.5, 0.6) is 0 Å². The van der Waals surface area contributed by atoms with E-state index in [-0.39, 0.29) is 14.4 Å². The Morgan fingerprint density at radius 1 is 1.45 bits per heavy atom. The predicted octanol–water partition coefficient (Wildman–Crippen LogP) is 2.81. The summed E-state index contributed by atoms with van der Waals surface area (Å²) in [6.45, 7) is 1.81. The summed E-state index contributed by atoms with van der Waals surface area (Å²) in [5.41, 5.74) is 0.441. The summed E-state index contributed by atoms with van der Waals surface area (Å²) in [5.74, 6) is 0.128. The number of hydrogen-bond acceptors (Lipinski definition) is 6. The third kappa shape index (κ3) is 3.06. The molecule has 2 heterocycles. The van der Waals surface area contributed by atoms with Gasteiger partial charge in [0.15, 0.2) is 4.34 Å². The molecular formula is C10H8ClN3O4S2. The quantitative estimate of drug-likeness (QED) is 0.684. The van der Waals surface area contributed by atoms with Crippen molar-refractivity contribution in [2.24, 2.45) is 0 Å². The van der Waals surface area contributed by atoms with Crippen molar-refractivity contribution >= 4 is 44.5 Å². The molecule has 106 valence electrons. The van der Waals surface area contributed by atoms with Gasteiger partial charge in [0.1, 0.15) is 10.0 Å². The van der Waals surface area contributed by atoms with E-state index < -0.39 is 20.6 Å². The molecule has 20 heavy (non-hydrogen) atoms. The third-order valence-corrected chi connectivity index (χ3v) is 5.42. The molecule has 0 saturated carbocycles. The van der Waals surface area contributed by atoms with Crippen molar-refractivity contribution in [1.82, 2.24) is 4.98 Å². The van der Waals surface area contributed by atoms with Crippen molar-refractivity contribution < 1.29 is 13.3 Å². The molecule has 10 heteroatoms. The van der Waals surface area contributed by atoms with Gasteiger partial charge in [-0.3, -0.25) is 14.8 Å². The molecule has 1 N–H and O–H groups in total. The van der Waals surface area contributed by atoms with Crippen LogP contribution in [0, 0.1) is 17.0 Å². The molecule has 0 aromatic carbocycles. The SMILES string of the molecule is Cc1ccc(NS(=O)(=O)c2cc([N+](=O)[O-])c(Cl)s2)nc1. The maximum absolute atomic E-state index is 12.1. The highest BCUT2D eigenvalue weighted by atomic mass is 35.5. The van der Waals surface area contributed by atoms with Crippen LogP contribution in [0.4, 0.5) is 11.5 Å². The van der Waals surface area contributed by atoms with Crippen molar-refractivity contribution in [3.05, 3.63) is 44.4 Å². The zero-order chi connectivity index (χ0) is 14.9. The van der Waals surface area contributed by atoms with E-state index in [0.29, 0.717) is 11.3 Å². The first-order valence-corrected chi connectivity index (χ1v) is 7.86. The molecule has 0 unspecified atom stereocenters. The van der Waals surface area contributed by atoms with Crippen LogP contribution in [0.3, 0.4) is 0 Å². The summed E-state index contributed by atoms with van der Waals surface area (Å²) in [4.78, 5) is 13.8. The Hall–Kier alpha value is -1.71. The van der Waals surface area contributed by atoms with Gasteiger partial charge in [0.25, 0.3) is 15.7 Å². The lowest BCUT2D eigenvalue weighted by atomic mass is 10.3. The number of nitrogens with one attached hydrogen (secondary N) is 1. The Bertz CT molecular complexity index is 755. The number of hydrogen-bond donors (Lipinski definition) is 1. The predicted molar refractivity (Wildman–Crippen MR) is 75.8 cm³/mol. The fraction of sp³-hybridized carbons (Fsp3) is 0.100. The van der Waals surface area contributed by atoms with E-state index in [4.69, 9.17) is 11.6 Å². The smallest absolute Gasteiger partial charge is 0.263 e. The molecule has 2 rings (SSSR count). The number of aromatic nitrogens is 1. The number of nitrogens with zero attached hydrogens (tertiary/aromatic N) is 2. The Morgan fingerprint density at radius 2 is 2.15 bits per heavy atom. The summed E-state index contributed by atoms with van der Waals surface area (Å²) in [7, 11) is -3.94. The van der Waals surface area contributed by atoms with Crippen LogP contribution < -0.4 is 4.72 Å². The van der Waals surface area contributed by atoms with Crippen molar-refractivity contribution in [1.29, 1.82) is 0 Å². The second kappa shape index (κ2) is 5.35. The summed E-state index contributed by atoms with van der Waals surface area (Å²) in [6.07, 6.45) is 1.50. The molecule has 7 nitrogen and oxygen atoms in total. The second-order valence-corrected chi connectivity index (χ2v) is 7.37. The van der Waals surface area contributed by atoms with E-state index in [9.17, 15) is 18.5 Å². The standard InChI is InChI=1S/C10H8ClN3O4S2/c1-6-2-3-8(12-5-6)13-20(17,18)9-4-7(14(15)16)10(11)19-9/h2-5H,1H3,(H,12,13). The number of anilines is 1. The molecule has 0 amide bonds. The zero-order valence-corrected chi connectivity index (χ0v) is 12.4. The molecule has 2 aromatic heterocycles. The number of halogens is 1. The monoisotopic (exact) mass is 333 g/mol. The molecule has 0 bridgehead atoms. The normalized spacial score (nSPS) is 11.3. The summed E-state index contributed by atoms with van der Waals surface area (Å²) in [5, 5.41) is 10.7. The van der Waals surface area contributed by atoms with Crippen molar-refractivity contribution in [2.45, 2.75) is 11.1 Å². The fourth-order valence-electron chi connectivity index (χ4n) is 1.31. The number of nitro groups is 1. The van der Waals surface area contributed by atoms with E-state index >= 15 is 0 Å². The molecule has 2 aromatic rings. The Labute approximate surface area is 123 Å². The van der Waals surface area contributed by atoms with Crippen LogP contribution in [0.2, 0.25) is 4.34 Å². The first-order valence-electron chi connectivity index (χ1n) is 5.19. The van der Waals surface area contributed by atoms with Crippen LogP contribution in [0.25, 0.3) is 0 Å². The Balaban J connectivity index is 2.33. The minimum absolute atomic E-state index is 0.128. The lowest BCUT2D eigenvalue weighted by Crippen LogP contribution is -2.12. The molecule has 0 aliphatic rings. The number of aryl methyl sites for hydroxylation is 1. The maximum atomic E-state index is 12.1. The molecule has 0 atom stereocenters. The number of rotatable bonds is 4. The van der Waals surface area contributed by atoms with Gasteiger partial charge in [-0.25, -0.2) is 13.4 Å². The van der Waals surface area contributed by atoms with Crippen LogP contribution in [-0.2, 0) is 10.0 Å². The minimum atomic E-state index is -3.94. The average molecular weight is 334 g/mol. The van der Waals surface area contributed by atoms with E-state index in [2.05, 4.69) is 9.71 Å². The van der Waals surface area contributed by atoms with Gasteiger partial charge < -0.3 is 0 Å². The van der Waals surface area contributed by atoms with Crippen molar-refractivity contribution in [3.8, 4) is 0 Å². The van der Waals surface area contributed by atoms with Gasteiger partial charge in [0.05, 0.1) is 4.92 Å². The van der Waals surface area contributed by atoms with E-state index in [1.54, 1.807) is 6.07 Å². The van der Waals surface area contributed by atoms with Crippen molar-refractivity contribution in [3.63, 3.8) is 0 Å². The van der Waals surface area contributed by atoms with Gasteiger partial charge in [-0.15, -0.1) is 11.3 Å². The molecule has 0 aliphatic carbocycles. The van der Waals surface area contributed by atoms with Gasteiger partial charge in [-0.2, -0.15) is 0 Å². The highest BCUT2D eigenvalue weighted by Gasteiger charge is 2.25. The first kappa shape index (κ1) is 14.7. The van der Waals surface area contributed by atoms with E-state index in [0.717, 1.165) is 11.6 Å². The van der Waals surface area contributed by atoms with Crippen molar-refractivity contribution in [2.75, 3.05) is 4.72 Å². The Morgan fingerprint density at radius 3 is 2.65 bits per heavy atom. The Kier molecular flexibility index (Phi) is 3.93. The van der Waals surface area contributed by atoms with Gasteiger partial charge in [0, 0.05) is 12.3 Å². The van der Waals surface area contributed by atoms with Crippen LogP contribution >= 0.6 is 22.9 Å². The first-order chi connectivity index (χ1) is 9.29. The lowest BCUT2D eigenvalue weighted by molar-refractivity contribution is -0.384. The summed E-state index contributed by atoms with van der Waals surface area (Å²) < 4.78 is 25.9. The molecule has 0 spiro atoms. The molecule has 0 aliphatic heterocycles. The molecular weight excluding hydrogens is 326 g/mol. The molecule has 0 radical (unpaired) electrons. The fourth-order valence-corrected chi connectivity index (χ4v) is 3.98. The third-order valence-electron chi connectivity index (χ3n) is 2.26. The van der Waals surface area contributed by atoms with Crippen LogP contribution in [0.15, 0.2) is 28.6 Å². The van der Waals surface area contributed by atoms with Crippen LogP contribution in [0.1, 0.15) is 5.56 Å². The maximum Gasteiger partial charge on any atom is 0.300 e. The topological polar surface area (TPSA) is 102 Å². The highest BCUT2D eigenvalue weighted by Crippen LogP contribution is 2.36. The second-order valence-electron chi connectivity index (χ2n) is 3.81. The summed E-state index contributed by atoms with van der Waals surface area (Å²) >= 11 is 6.26. The zero-order valence-electron chi connectivity index (χ0n) is 10.0. The number of sulfonamides is 1. The van der Waals surface area contributed by atoms with Gasteiger partial charge >= 0.3 is 0 Å². The minimum Gasteiger partial charge on any atom is -0.263 e. The van der Waals surface area contributed by atoms with E-state index in [1.165, 1.54) is 12.3 Å². The largest absolute Gasteiger partial charge is 0.300 e. The van der Waals surface area contributed by atoms with Gasteiger partial charge in [0.2, 0.25) is 0 Å². The van der Waals surface area contributed by atoms with Crippen LogP contribution in [-0.4, -0.2) is 18.3 Å². The van der Waals surface area contributed by atoms with E-state index in [1.807, 2.05) is 6.92 Å². The molecule has 0 saturated heterocycles.